The topological polar surface area (TPSA) is 105 Å². The van der Waals surface area contributed by atoms with Gasteiger partial charge in [0.05, 0.1) is 10.6 Å². The molecule has 0 atom stereocenters. The highest BCUT2D eigenvalue weighted by atomic mass is 32.2. The molecule has 8 nitrogen and oxygen atoms in total. The summed E-state index contributed by atoms with van der Waals surface area (Å²) >= 11 is 0.818. The minimum atomic E-state index is -4.58. The Morgan fingerprint density at radius 1 is 1.18 bits per heavy atom. The summed E-state index contributed by atoms with van der Waals surface area (Å²) in [4.78, 5) is 49.9. The number of nitrogens with zero attached hydrogens (tertiary/aromatic N) is 4. The average molecular weight is 491 g/mol. The number of anilines is 1. The fraction of sp³-hybridized carbons (Fsp3) is 0.364. The van der Waals surface area contributed by atoms with Crippen LogP contribution in [0, 0.1) is 5.92 Å². The maximum absolute atomic E-state index is 12.8. The predicted molar refractivity (Wildman–Crippen MR) is 119 cm³/mol. The molecule has 0 radical (unpaired) electrons. The van der Waals surface area contributed by atoms with Crippen LogP contribution in [0.1, 0.15) is 47.6 Å². The van der Waals surface area contributed by atoms with E-state index in [1.165, 1.54) is 18.2 Å². The fourth-order valence-electron chi connectivity index (χ4n) is 3.78. The van der Waals surface area contributed by atoms with Crippen LogP contribution in [0.3, 0.4) is 0 Å². The van der Waals surface area contributed by atoms with Crippen molar-refractivity contribution in [2.24, 2.45) is 5.92 Å². The van der Waals surface area contributed by atoms with E-state index in [2.05, 4.69) is 20.3 Å². The van der Waals surface area contributed by atoms with Gasteiger partial charge in [-0.1, -0.05) is 6.07 Å². The van der Waals surface area contributed by atoms with Crippen LogP contribution in [0.15, 0.2) is 35.4 Å². The summed E-state index contributed by atoms with van der Waals surface area (Å²) in [5.41, 5.74) is -0.718. The van der Waals surface area contributed by atoms with Gasteiger partial charge in [-0.15, -0.1) is 0 Å². The van der Waals surface area contributed by atoms with Crippen molar-refractivity contribution in [2.75, 3.05) is 18.0 Å². The van der Waals surface area contributed by atoms with Crippen LogP contribution < -0.4 is 10.2 Å². The number of piperidine rings is 1. The zero-order valence-electron chi connectivity index (χ0n) is 17.8. The van der Waals surface area contributed by atoms with Crippen molar-refractivity contribution in [3.05, 3.63) is 52.4 Å². The van der Waals surface area contributed by atoms with Crippen molar-refractivity contribution in [3.63, 3.8) is 0 Å². The van der Waals surface area contributed by atoms with Crippen LogP contribution >= 0.6 is 11.8 Å². The minimum Gasteiger partial charge on any atom is -0.341 e. The molecule has 0 unspecified atom stereocenters. The number of ketones is 1. The maximum Gasteiger partial charge on any atom is 0.433 e. The van der Waals surface area contributed by atoms with Gasteiger partial charge in [-0.25, -0.2) is 15.0 Å². The van der Waals surface area contributed by atoms with E-state index in [1.54, 1.807) is 12.3 Å². The molecule has 2 aromatic rings. The molecule has 2 aliphatic rings. The number of aromatic nitrogens is 3. The molecule has 0 aromatic carbocycles. The van der Waals surface area contributed by atoms with Crippen molar-refractivity contribution in [1.82, 2.24) is 20.3 Å². The summed E-state index contributed by atoms with van der Waals surface area (Å²) in [6.07, 6.45) is 0.806. The minimum absolute atomic E-state index is 0.136. The summed E-state index contributed by atoms with van der Waals surface area (Å²) in [5, 5.41) is 1.77. The number of carbonyl (C=O) groups excluding carboxylic acids is 3. The highest BCUT2D eigenvalue weighted by Crippen LogP contribution is 2.29. The standard InChI is InChI=1S/C22H20F3N5O3S/c23-22(24,25)18-3-1-2-15(28-18)16(31)5-4-13-7-10-30(11-8-13)20-26-9-6-14(27-20)12-17-19(32)29-21(33)34-17/h1-3,6,9,12-13H,4-5,7-8,10-11H2,(H,29,32,33)/b17-12-. The lowest BCUT2D eigenvalue weighted by atomic mass is 9.91. The van der Waals surface area contributed by atoms with E-state index in [4.69, 9.17) is 0 Å². The quantitative estimate of drug-likeness (QED) is 0.476. The predicted octanol–water partition coefficient (Wildman–Crippen LogP) is 4.09. The van der Waals surface area contributed by atoms with E-state index in [0.717, 1.165) is 30.7 Å². The van der Waals surface area contributed by atoms with Gasteiger partial charge < -0.3 is 4.90 Å². The fourth-order valence-corrected chi connectivity index (χ4v) is 4.45. The number of carbonyl (C=O) groups is 3. The number of hydrogen-bond acceptors (Lipinski definition) is 8. The van der Waals surface area contributed by atoms with Gasteiger partial charge >= 0.3 is 6.18 Å². The van der Waals surface area contributed by atoms with Crippen molar-refractivity contribution >= 4 is 40.7 Å². The lowest BCUT2D eigenvalue weighted by molar-refractivity contribution is -0.141. The average Bonchev–Trinajstić information content (AvgIpc) is 3.13. The molecule has 2 aliphatic heterocycles. The normalized spacial score (nSPS) is 18.4. The summed E-state index contributed by atoms with van der Waals surface area (Å²) in [7, 11) is 0. The van der Waals surface area contributed by atoms with Gasteiger partial charge in [-0.05, 0) is 61.2 Å². The molecule has 34 heavy (non-hydrogen) atoms. The Hall–Kier alpha value is -3.28. The summed E-state index contributed by atoms with van der Waals surface area (Å²) in [6, 6.07) is 5.00. The second-order valence-corrected chi connectivity index (χ2v) is 8.95. The Kier molecular flexibility index (Phi) is 6.96. The third-order valence-corrected chi connectivity index (χ3v) is 6.40. The molecule has 2 saturated heterocycles. The van der Waals surface area contributed by atoms with Gasteiger partial charge in [0.1, 0.15) is 11.4 Å². The number of halogens is 3. The third-order valence-electron chi connectivity index (χ3n) is 5.59. The lowest BCUT2D eigenvalue weighted by Gasteiger charge is -2.32. The molecule has 12 heteroatoms. The SMILES string of the molecule is O=C1NC(=O)/C(=C/c2ccnc(N3CCC(CCC(=O)c4cccc(C(F)(F)F)n4)CC3)n2)S1. The molecule has 0 aliphatic carbocycles. The Morgan fingerprint density at radius 3 is 2.62 bits per heavy atom. The zero-order valence-corrected chi connectivity index (χ0v) is 18.7. The highest BCUT2D eigenvalue weighted by Gasteiger charge is 2.33. The van der Waals surface area contributed by atoms with Crippen LogP contribution in [-0.2, 0) is 11.0 Å². The Labute approximate surface area is 197 Å². The number of thioether (sulfide) groups is 1. The number of Topliss-reactive ketones (excluding diaryl/α,β-unsaturated/α-hetero) is 1. The first kappa shape index (κ1) is 23.9. The summed E-state index contributed by atoms with van der Waals surface area (Å²) in [5.74, 6) is -0.0940. The van der Waals surface area contributed by atoms with E-state index in [9.17, 15) is 27.6 Å². The molecule has 178 valence electrons. The van der Waals surface area contributed by atoms with Gasteiger partial charge in [0.25, 0.3) is 11.1 Å². The lowest BCUT2D eigenvalue weighted by Crippen LogP contribution is -2.35. The number of pyridine rings is 1. The van der Waals surface area contributed by atoms with Gasteiger partial charge in [0.2, 0.25) is 5.95 Å². The summed E-state index contributed by atoms with van der Waals surface area (Å²) < 4.78 is 38.5. The Morgan fingerprint density at radius 2 is 1.94 bits per heavy atom. The number of imide groups is 1. The Bertz CT molecular complexity index is 1150. The van der Waals surface area contributed by atoms with Crippen molar-refractivity contribution < 1.29 is 27.6 Å². The molecule has 2 aromatic heterocycles. The first-order valence-electron chi connectivity index (χ1n) is 10.6. The van der Waals surface area contributed by atoms with Gasteiger partial charge in [0, 0.05) is 25.7 Å². The number of hydrogen-bond donors (Lipinski definition) is 1. The van der Waals surface area contributed by atoms with Crippen molar-refractivity contribution in [2.45, 2.75) is 31.9 Å². The zero-order chi connectivity index (χ0) is 24.3. The summed E-state index contributed by atoms with van der Waals surface area (Å²) in [6.45, 7) is 1.32. The first-order chi connectivity index (χ1) is 16.2. The molecule has 2 amide bonds. The molecule has 1 N–H and O–H groups in total. The smallest absolute Gasteiger partial charge is 0.341 e. The first-order valence-corrected chi connectivity index (χ1v) is 11.4. The van der Waals surface area contributed by atoms with E-state index in [1.807, 2.05) is 4.90 Å². The van der Waals surface area contributed by atoms with E-state index in [-0.39, 0.29) is 22.9 Å². The molecule has 0 saturated carbocycles. The highest BCUT2D eigenvalue weighted by molar-refractivity contribution is 8.18. The maximum atomic E-state index is 12.8. The van der Waals surface area contributed by atoms with Gasteiger partial charge in [0.15, 0.2) is 5.78 Å². The second-order valence-electron chi connectivity index (χ2n) is 7.93. The van der Waals surface area contributed by atoms with Gasteiger partial charge in [-0.3, -0.25) is 19.7 Å². The number of alkyl halides is 3. The number of rotatable bonds is 6. The molecule has 0 spiro atoms. The molecular formula is C22H20F3N5O3S. The van der Waals surface area contributed by atoms with Crippen LogP contribution in [0.25, 0.3) is 6.08 Å². The number of amides is 2. The van der Waals surface area contributed by atoms with Gasteiger partial charge in [-0.2, -0.15) is 13.2 Å². The largest absolute Gasteiger partial charge is 0.433 e. The second kappa shape index (κ2) is 9.92. The Balaban J connectivity index is 1.30. The molecular weight excluding hydrogens is 471 g/mol. The molecule has 4 heterocycles. The van der Waals surface area contributed by atoms with Crippen molar-refractivity contribution in [3.8, 4) is 0 Å². The molecule has 0 bridgehead atoms. The van der Waals surface area contributed by atoms with E-state index < -0.39 is 28.8 Å². The van der Waals surface area contributed by atoms with E-state index in [0.29, 0.717) is 31.2 Å². The monoisotopic (exact) mass is 491 g/mol. The third kappa shape index (κ3) is 5.79. The van der Waals surface area contributed by atoms with Crippen LogP contribution in [0.5, 0.6) is 0 Å². The van der Waals surface area contributed by atoms with Crippen LogP contribution in [0.2, 0.25) is 0 Å². The van der Waals surface area contributed by atoms with Crippen molar-refractivity contribution in [1.29, 1.82) is 0 Å². The van der Waals surface area contributed by atoms with E-state index >= 15 is 0 Å². The van der Waals surface area contributed by atoms with Crippen LogP contribution in [0.4, 0.5) is 23.9 Å². The molecule has 2 fully saturated rings. The number of nitrogens with one attached hydrogen (secondary N) is 1. The van der Waals surface area contributed by atoms with Crippen LogP contribution in [-0.4, -0.2) is 45.0 Å². The molecule has 4 rings (SSSR count).